The van der Waals surface area contributed by atoms with Gasteiger partial charge in [0.25, 0.3) is 0 Å². The van der Waals surface area contributed by atoms with Gasteiger partial charge in [-0.2, -0.15) is 0 Å². The van der Waals surface area contributed by atoms with Gasteiger partial charge in [-0.05, 0) is 70.4 Å². The lowest BCUT2D eigenvalue weighted by Crippen LogP contribution is -2.45. The highest BCUT2D eigenvalue weighted by atomic mass is 28.4. The first-order valence-electron chi connectivity index (χ1n) is 12.0. The van der Waals surface area contributed by atoms with E-state index in [1.807, 2.05) is 0 Å². The second kappa shape index (κ2) is 12.1. The van der Waals surface area contributed by atoms with Crippen molar-refractivity contribution in [2.75, 3.05) is 6.54 Å². The number of aliphatic hydroxyl groups excluding tert-OH is 1. The summed E-state index contributed by atoms with van der Waals surface area (Å²) in [5.74, 6) is -0.464. The quantitative estimate of drug-likeness (QED) is 0.225. The molecule has 32 heavy (non-hydrogen) atoms. The van der Waals surface area contributed by atoms with Crippen LogP contribution >= 0.6 is 0 Å². The molecule has 0 heterocycles. The third-order valence-electron chi connectivity index (χ3n) is 6.11. The Bertz CT molecular complexity index is 661. The molecule has 1 saturated carbocycles. The fourth-order valence-electron chi connectivity index (χ4n) is 4.18. The van der Waals surface area contributed by atoms with Crippen LogP contribution in [0.4, 0.5) is 0 Å². The molecule has 1 fully saturated rings. The zero-order valence-electron chi connectivity index (χ0n) is 21.7. The highest BCUT2D eigenvalue weighted by Gasteiger charge is 2.36. The summed E-state index contributed by atoms with van der Waals surface area (Å²) in [7, 11) is -4.49. The molecule has 3 atom stereocenters. The minimum atomic E-state index is -1.77. The van der Waals surface area contributed by atoms with E-state index in [0.29, 0.717) is 24.3 Å². The van der Waals surface area contributed by atoms with Gasteiger partial charge in [0.15, 0.2) is 16.6 Å². The summed E-state index contributed by atoms with van der Waals surface area (Å²) >= 11 is 0. The van der Waals surface area contributed by atoms with E-state index in [0.717, 1.165) is 18.9 Å². The third-order valence-corrected chi connectivity index (χ3v) is 15.7. The van der Waals surface area contributed by atoms with Crippen molar-refractivity contribution in [3.63, 3.8) is 0 Å². The Labute approximate surface area is 198 Å². The van der Waals surface area contributed by atoms with Gasteiger partial charge in [0.1, 0.15) is 12.6 Å². The van der Waals surface area contributed by atoms with Crippen molar-refractivity contribution < 1.29 is 23.5 Å². The highest BCUT2D eigenvalue weighted by Crippen LogP contribution is 2.33. The van der Waals surface area contributed by atoms with E-state index in [2.05, 4.69) is 57.7 Å². The van der Waals surface area contributed by atoms with Crippen molar-refractivity contribution in [2.45, 2.75) is 109 Å². The maximum atomic E-state index is 12.1. The molecule has 0 aliphatic heterocycles. The van der Waals surface area contributed by atoms with Gasteiger partial charge in [-0.1, -0.05) is 38.7 Å². The molecule has 1 unspecified atom stereocenters. The van der Waals surface area contributed by atoms with Crippen molar-refractivity contribution in [3.05, 3.63) is 12.2 Å². The van der Waals surface area contributed by atoms with Crippen LogP contribution in [0, 0.1) is 5.92 Å². The Hall–Kier alpha value is -0.749. The predicted molar refractivity (Wildman–Crippen MR) is 139 cm³/mol. The summed E-state index contributed by atoms with van der Waals surface area (Å²) in [6.07, 6.45) is 2.16. The summed E-state index contributed by atoms with van der Waals surface area (Å²) in [6.45, 7) is 21.6. The summed E-state index contributed by atoms with van der Waals surface area (Å²) in [5, 5.41) is 12.8. The van der Waals surface area contributed by atoms with Crippen LogP contribution in [0.3, 0.4) is 0 Å². The smallest absolute Gasteiger partial charge is 0.325 e. The fourth-order valence-corrected chi connectivity index (χ4v) is 17.5. The van der Waals surface area contributed by atoms with Crippen molar-refractivity contribution in [2.24, 2.45) is 5.92 Å². The van der Waals surface area contributed by atoms with Gasteiger partial charge < -0.3 is 19.3 Å². The molecule has 6 nitrogen and oxygen atoms in total. The van der Waals surface area contributed by atoms with E-state index in [1.54, 1.807) is 6.92 Å². The summed E-state index contributed by atoms with van der Waals surface area (Å²) in [4.78, 5) is 23.7. The van der Waals surface area contributed by atoms with Gasteiger partial charge in [-0.15, -0.1) is 0 Å². The van der Waals surface area contributed by atoms with Gasteiger partial charge in [0, 0.05) is 13.6 Å². The van der Waals surface area contributed by atoms with Crippen LogP contribution in [-0.2, 0) is 18.4 Å². The van der Waals surface area contributed by atoms with Crippen molar-refractivity contribution in [1.29, 1.82) is 0 Å². The van der Waals surface area contributed by atoms with E-state index in [4.69, 9.17) is 8.85 Å². The van der Waals surface area contributed by atoms with Crippen molar-refractivity contribution in [3.8, 4) is 0 Å². The lowest BCUT2D eigenvalue weighted by Gasteiger charge is -2.37. The molecule has 186 valence electrons. The molecule has 1 aliphatic rings. The average Bonchev–Trinajstić information content (AvgIpc) is 2.64. The summed E-state index contributed by atoms with van der Waals surface area (Å²) in [6, 6.07) is 3.66. The SMILES string of the molecule is C=C(C)C(=O)NCC(=O)OC1C[C@H](CC[Si](C)(C)O[Si](C)(C)CC[Si](C)(C)C)CC[C@H]1O. The maximum absolute atomic E-state index is 12.1. The number of hydrogen-bond acceptors (Lipinski definition) is 5. The highest BCUT2D eigenvalue weighted by molar-refractivity contribution is 6.86. The fraction of sp³-hybridized carbons (Fsp3) is 0.826. The molecular formula is C23H47NO5Si3. The van der Waals surface area contributed by atoms with Gasteiger partial charge in [0.2, 0.25) is 5.91 Å². The molecule has 0 aromatic heterocycles. The van der Waals surface area contributed by atoms with Gasteiger partial charge in [-0.3, -0.25) is 9.59 Å². The summed E-state index contributed by atoms with van der Waals surface area (Å²) < 4.78 is 12.3. The zero-order chi connectivity index (χ0) is 24.7. The van der Waals surface area contributed by atoms with Crippen LogP contribution in [-0.4, -0.2) is 60.4 Å². The van der Waals surface area contributed by atoms with E-state index in [9.17, 15) is 14.7 Å². The number of esters is 1. The Balaban J connectivity index is 2.52. The van der Waals surface area contributed by atoms with Crippen LogP contribution in [0.25, 0.3) is 0 Å². The molecule has 0 bridgehead atoms. The molecule has 2 N–H and O–H groups in total. The van der Waals surface area contributed by atoms with Crippen LogP contribution < -0.4 is 5.32 Å². The van der Waals surface area contributed by atoms with Gasteiger partial charge in [0.05, 0.1) is 6.10 Å². The Morgan fingerprint density at radius 3 is 2.16 bits per heavy atom. The second-order valence-electron chi connectivity index (χ2n) is 12.0. The summed E-state index contributed by atoms with van der Waals surface area (Å²) in [5.41, 5.74) is 0.344. The maximum Gasteiger partial charge on any atom is 0.325 e. The molecule has 1 amide bonds. The average molecular weight is 502 g/mol. The molecule has 9 heteroatoms. The monoisotopic (exact) mass is 501 g/mol. The van der Waals surface area contributed by atoms with Crippen molar-refractivity contribution >= 4 is 36.6 Å². The standard InChI is InChI=1S/C23H47NO5Si3/c1-18(2)23(27)24-17-22(26)28-21-16-19(10-11-20(21)25)12-13-31(6,7)29-32(8,9)15-14-30(3,4)5/h19-21,25H,1,10-17H2,2-9H3,(H,24,27)/t19-,20+,21?/m0/s1. The molecule has 1 aliphatic carbocycles. The number of rotatable bonds is 12. The lowest BCUT2D eigenvalue weighted by atomic mass is 9.84. The minimum absolute atomic E-state index is 0.204. The zero-order valence-corrected chi connectivity index (χ0v) is 24.7. The molecule has 0 radical (unpaired) electrons. The molecule has 0 spiro atoms. The number of carbonyl (C=O) groups excluding carboxylic acids is 2. The third kappa shape index (κ3) is 11.9. The van der Waals surface area contributed by atoms with Crippen LogP contribution in [0.5, 0.6) is 0 Å². The first kappa shape index (κ1) is 29.3. The number of amides is 1. The molecule has 0 saturated heterocycles. The number of ether oxygens (including phenoxy) is 1. The molecule has 0 aromatic rings. The number of aliphatic hydroxyl groups is 1. The van der Waals surface area contributed by atoms with Crippen LogP contribution in [0.1, 0.15) is 32.6 Å². The topological polar surface area (TPSA) is 84.9 Å². The second-order valence-corrected chi connectivity index (χ2v) is 26.4. The lowest BCUT2D eigenvalue weighted by molar-refractivity contribution is -0.158. The predicted octanol–water partition coefficient (Wildman–Crippen LogP) is 4.91. The number of carbonyl (C=O) groups is 2. The molecule has 1 rings (SSSR count). The van der Waals surface area contributed by atoms with E-state index < -0.39 is 42.9 Å². The van der Waals surface area contributed by atoms with E-state index >= 15 is 0 Å². The molecule has 0 aromatic carbocycles. The van der Waals surface area contributed by atoms with E-state index in [1.165, 1.54) is 12.1 Å². The number of hydrogen-bond donors (Lipinski definition) is 2. The van der Waals surface area contributed by atoms with Crippen molar-refractivity contribution in [1.82, 2.24) is 5.32 Å². The minimum Gasteiger partial charge on any atom is -0.458 e. The van der Waals surface area contributed by atoms with Crippen LogP contribution in [0.2, 0.25) is 64.0 Å². The largest absolute Gasteiger partial charge is 0.458 e. The molecular weight excluding hydrogens is 455 g/mol. The van der Waals surface area contributed by atoms with Crippen LogP contribution in [0.15, 0.2) is 12.2 Å². The number of nitrogens with one attached hydrogen (secondary N) is 1. The first-order chi connectivity index (χ1) is 14.5. The first-order valence-corrected chi connectivity index (χ1v) is 21.9. The van der Waals surface area contributed by atoms with E-state index in [-0.39, 0.29) is 12.5 Å². The Morgan fingerprint density at radius 1 is 1.00 bits per heavy atom. The normalized spacial score (nSPS) is 22.3. The van der Waals surface area contributed by atoms with Gasteiger partial charge in [-0.25, -0.2) is 0 Å². The Morgan fingerprint density at radius 2 is 1.59 bits per heavy atom. The van der Waals surface area contributed by atoms with Gasteiger partial charge >= 0.3 is 5.97 Å². The Kier molecular flexibility index (Phi) is 11.1.